The summed E-state index contributed by atoms with van der Waals surface area (Å²) in [7, 11) is 3.46. The molecule has 148 valence electrons. The Kier molecular flexibility index (Phi) is 4.93. The first-order valence-electron chi connectivity index (χ1n) is 9.61. The van der Waals surface area contributed by atoms with Crippen LogP contribution in [0.1, 0.15) is 34.6 Å². The van der Waals surface area contributed by atoms with Crippen molar-refractivity contribution < 1.29 is 14.3 Å². The van der Waals surface area contributed by atoms with Crippen molar-refractivity contribution in [2.24, 2.45) is 7.05 Å². The smallest absolute Gasteiger partial charge is 0.322 e. The number of benzene rings is 1. The molecule has 8 nitrogen and oxygen atoms in total. The predicted molar refractivity (Wildman–Crippen MR) is 104 cm³/mol. The molecule has 1 aromatic heterocycles. The van der Waals surface area contributed by atoms with E-state index < -0.39 is 0 Å². The Labute approximate surface area is 164 Å². The summed E-state index contributed by atoms with van der Waals surface area (Å²) in [5.41, 5.74) is 3.06. The number of rotatable bonds is 3. The van der Waals surface area contributed by atoms with Crippen LogP contribution in [0.15, 0.2) is 24.3 Å². The molecule has 1 aromatic carbocycles. The van der Waals surface area contributed by atoms with Crippen LogP contribution in [0.4, 0.5) is 10.5 Å². The molecule has 0 bridgehead atoms. The van der Waals surface area contributed by atoms with Crippen LogP contribution in [0.25, 0.3) is 0 Å². The lowest BCUT2D eigenvalue weighted by Gasteiger charge is -2.28. The predicted octanol–water partition coefficient (Wildman–Crippen LogP) is 2.25. The van der Waals surface area contributed by atoms with Crippen LogP contribution in [-0.2, 0) is 20.0 Å². The normalized spacial score (nSPS) is 16.1. The van der Waals surface area contributed by atoms with E-state index in [1.807, 2.05) is 30.1 Å². The third-order valence-corrected chi connectivity index (χ3v) is 5.45. The van der Waals surface area contributed by atoms with Crippen molar-refractivity contribution in [3.63, 3.8) is 0 Å². The Bertz CT molecular complexity index is 901. The maximum absolute atomic E-state index is 12.9. The molecule has 2 aliphatic rings. The number of ether oxygens (including phenoxy) is 1. The number of methoxy groups -OCH3 is 1. The Hall–Kier alpha value is -3.03. The second kappa shape index (κ2) is 7.53. The molecule has 3 amide bonds. The van der Waals surface area contributed by atoms with Crippen LogP contribution < -0.4 is 10.1 Å². The third-order valence-electron chi connectivity index (χ3n) is 5.45. The summed E-state index contributed by atoms with van der Waals surface area (Å²) in [5.74, 6) is 0.661. The molecule has 28 heavy (non-hydrogen) atoms. The van der Waals surface area contributed by atoms with Gasteiger partial charge >= 0.3 is 6.03 Å². The van der Waals surface area contributed by atoms with Gasteiger partial charge in [-0.05, 0) is 25.0 Å². The lowest BCUT2D eigenvalue weighted by molar-refractivity contribution is 0.0784. The number of hydrogen-bond acceptors (Lipinski definition) is 4. The van der Waals surface area contributed by atoms with E-state index >= 15 is 0 Å². The van der Waals surface area contributed by atoms with Crippen LogP contribution in [-0.4, -0.2) is 58.3 Å². The fourth-order valence-electron chi connectivity index (χ4n) is 3.91. The minimum Gasteiger partial charge on any atom is -0.497 e. The van der Waals surface area contributed by atoms with Gasteiger partial charge in [-0.25, -0.2) is 4.79 Å². The minimum atomic E-state index is -0.192. The van der Waals surface area contributed by atoms with Gasteiger partial charge in [0.15, 0.2) is 5.69 Å². The highest BCUT2D eigenvalue weighted by Gasteiger charge is 2.32. The summed E-state index contributed by atoms with van der Waals surface area (Å²) in [6.07, 6.45) is 2.75. The molecule has 0 atom stereocenters. The number of likely N-dealkylation sites (tertiary alicyclic amines) is 1. The third kappa shape index (κ3) is 3.42. The number of aromatic nitrogens is 2. The second-order valence-electron chi connectivity index (χ2n) is 7.23. The van der Waals surface area contributed by atoms with Gasteiger partial charge in [-0.15, -0.1) is 0 Å². The number of amides is 3. The summed E-state index contributed by atoms with van der Waals surface area (Å²) < 4.78 is 6.99. The van der Waals surface area contributed by atoms with Gasteiger partial charge < -0.3 is 19.9 Å². The first-order chi connectivity index (χ1) is 13.6. The Morgan fingerprint density at radius 2 is 1.93 bits per heavy atom. The Morgan fingerprint density at radius 3 is 2.68 bits per heavy atom. The maximum Gasteiger partial charge on any atom is 0.322 e. The van der Waals surface area contributed by atoms with Crippen molar-refractivity contribution in [1.82, 2.24) is 19.6 Å². The largest absolute Gasteiger partial charge is 0.497 e. The lowest BCUT2D eigenvalue weighted by Crippen LogP contribution is -2.40. The molecular formula is C20H25N5O3. The molecule has 0 unspecified atom stereocenters. The van der Waals surface area contributed by atoms with Gasteiger partial charge in [-0.1, -0.05) is 6.07 Å². The van der Waals surface area contributed by atoms with Crippen LogP contribution in [0.3, 0.4) is 0 Å². The van der Waals surface area contributed by atoms with E-state index in [-0.39, 0.29) is 11.9 Å². The molecule has 8 heteroatoms. The fourth-order valence-corrected chi connectivity index (χ4v) is 3.91. The van der Waals surface area contributed by atoms with E-state index in [2.05, 4.69) is 10.4 Å². The molecule has 0 radical (unpaired) electrons. The molecule has 0 aliphatic carbocycles. The highest BCUT2D eigenvalue weighted by molar-refractivity contribution is 5.95. The SMILES string of the molecule is COc1cccc(NC(=O)N2CCc3c(c(C(=O)N4CCCC4)nn3C)C2)c1. The van der Waals surface area contributed by atoms with E-state index in [0.717, 1.165) is 37.2 Å². The van der Waals surface area contributed by atoms with Gasteiger partial charge in [0.2, 0.25) is 0 Å². The lowest BCUT2D eigenvalue weighted by atomic mass is 10.0. The van der Waals surface area contributed by atoms with E-state index in [0.29, 0.717) is 36.6 Å². The number of carbonyl (C=O) groups excluding carboxylic acids is 2. The highest BCUT2D eigenvalue weighted by atomic mass is 16.5. The first-order valence-corrected chi connectivity index (χ1v) is 9.61. The van der Waals surface area contributed by atoms with Crippen molar-refractivity contribution in [3.8, 4) is 5.75 Å². The molecule has 0 spiro atoms. The minimum absolute atomic E-state index is 0.0237. The van der Waals surface area contributed by atoms with Crippen molar-refractivity contribution in [2.45, 2.75) is 25.8 Å². The van der Waals surface area contributed by atoms with Gasteiger partial charge in [-0.3, -0.25) is 9.48 Å². The van der Waals surface area contributed by atoms with Crippen LogP contribution in [0, 0.1) is 0 Å². The van der Waals surface area contributed by atoms with E-state index in [9.17, 15) is 9.59 Å². The van der Waals surface area contributed by atoms with Gasteiger partial charge in [0.05, 0.1) is 13.7 Å². The number of carbonyl (C=O) groups is 2. The van der Waals surface area contributed by atoms with E-state index in [4.69, 9.17) is 4.74 Å². The fraction of sp³-hybridized carbons (Fsp3) is 0.450. The zero-order chi connectivity index (χ0) is 19.7. The molecule has 4 rings (SSSR count). The van der Waals surface area contributed by atoms with Gasteiger partial charge in [0.1, 0.15) is 5.75 Å². The Morgan fingerprint density at radius 1 is 1.14 bits per heavy atom. The van der Waals surface area contributed by atoms with E-state index in [1.54, 1.807) is 22.8 Å². The highest BCUT2D eigenvalue weighted by Crippen LogP contribution is 2.25. The number of fused-ring (bicyclic) bond motifs is 1. The molecular weight excluding hydrogens is 358 g/mol. The van der Waals surface area contributed by atoms with Crippen LogP contribution >= 0.6 is 0 Å². The molecule has 1 N–H and O–H groups in total. The number of anilines is 1. The van der Waals surface area contributed by atoms with Gasteiger partial charge in [0, 0.05) is 56.1 Å². The number of hydrogen-bond donors (Lipinski definition) is 1. The van der Waals surface area contributed by atoms with Crippen LogP contribution in [0.5, 0.6) is 5.75 Å². The van der Waals surface area contributed by atoms with Gasteiger partial charge in [0.25, 0.3) is 5.91 Å². The number of aryl methyl sites for hydroxylation is 1. The quantitative estimate of drug-likeness (QED) is 0.882. The number of urea groups is 1. The molecule has 1 fully saturated rings. The average molecular weight is 383 g/mol. The molecule has 2 aliphatic heterocycles. The zero-order valence-electron chi connectivity index (χ0n) is 16.3. The molecule has 1 saturated heterocycles. The van der Waals surface area contributed by atoms with E-state index in [1.165, 1.54) is 0 Å². The standard InChI is InChI=1S/C20H25N5O3/c1-23-17-8-11-25(20(27)21-14-6-5-7-15(12-14)28-2)13-16(17)18(22-23)19(26)24-9-3-4-10-24/h5-7,12H,3-4,8-11,13H2,1-2H3,(H,21,27). The van der Waals surface area contributed by atoms with Gasteiger partial charge in [-0.2, -0.15) is 5.10 Å². The summed E-state index contributed by atoms with van der Waals surface area (Å²) in [6.45, 7) is 2.53. The number of nitrogens with zero attached hydrogens (tertiary/aromatic N) is 4. The molecule has 0 saturated carbocycles. The van der Waals surface area contributed by atoms with Crippen molar-refractivity contribution in [3.05, 3.63) is 41.2 Å². The molecule has 3 heterocycles. The van der Waals surface area contributed by atoms with Crippen LogP contribution in [0.2, 0.25) is 0 Å². The first kappa shape index (κ1) is 18.3. The zero-order valence-corrected chi connectivity index (χ0v) is 16.3. The topological polar surface area (TPSA) is 79.7 Å². The summed E-state index contributed by atoms with van der Waals surface area (Å²) in [4.78, 5) is 29.2. The van der Waals surface area contributed by atoms with Crippen molar-refractivity contribution >= 4 is 17.6 Å². The second-order valence-corrected chi connectivity index (χ2v) is 7.23. The summed E-state index contributed by atoms with van der Waals surface area (Å²) in [6, 6.07) is 7.06. The average Bonchev–Trinajstić information content (AvgIpc) is 3.36. The summed E-state index contributed by atoms with van der Waals surface area (Å²) >= 11 is 0. The molecule has 2 aromatic rings. The maximum atomic E-state index is 12.9. The Balaban J connectivity index is 1.52. The summed E-state index contributed by atoms with van der Waals surface area (Å²) in [5, 5.41) is 7.40. The van der Waals surface area contributed by atoms with Crippen molar-refractivity contribution in [2.75, 3.05) is 32.1 Å². The number of nitrogens with one attached hydrogen (secondary N) is 1. The van der Waals surface area contributed by atoms with Crippen molar-refractivity contribution in [1.29, 1.82) is 0 Å². The monoisotopic (exact) mass is 383 g/mol.